The first kappa shape index (κ1) is 26.3. The molecule has 0 saturated carbocycles. The fourth-order valence-electron chi connectivity index (χ4n) is 4.74. The summed E-state index contributed by atoms with van der Waals surface area (Å²) in [5.41, 5.74) is 6.21. The van der Waals surface area contributed by atoms with E-state index in [1.54, 1.807) is 12.3 Å². The normalized spacial score (nSPS) is 11.2. The SMILES string of the molecule is N#CC(=Cc1ccc2cc(-c3ccc(N(c4ccccc4)c4ccccc4)cc3)oc2c1)C(=O)NCc1ccccn1. The van der Waals surface area contributed by atoms with Gasteiger partial charge in [-0.1, -0.05) is 54.6 Å². The predicted molar refractivity (Wildman–Crippen MR) is 166 cm³/mol. The van der Waals surface area contributed by atoms with E-state index in [-0.39, 0.29) is 12.1 Å². The van der Waals surface area contributed by atoms with Gasteiger partial charge in [-0.25, -0.2) is 0 Å². The number of nitrogens with zero attached hydrogens (tertiary/aromatic N) is 3. The third kappa shape index (κ3) is 5.81. The van der Waals surface area contributed by atoms with Gasteiger partial charge in [0.1, 0.15) is 23.0 Å². The number of carbonyl (C=O) groups is 1. The fourth-order valence-corrected chi connectivity index (χ4v) is 4.74. The van der Waals surface area contributed by atoms with Crippen LogP contribution in [-0.2, 0) is 11.3 Å². The summed E-state index contributed by atoms with van der Waals surface area (Å²) in [6.07, 6.45) is 3.22. The highest BCUT2D eigenvalue weighted by atomic mass is 16.3. The molecule has 0 aliphatic carbocycles. The number of aromatic nitrogens is 1. The number of anilines is 3. The molecule has 0 atom stereocenters. The molecule has 42 heavy (non-hydrogen) atoms. The number of nitrogens with one attached hydrogen (secondary N) is 1. The van der Waals surface area contributed by atoms with Crippen molar-refractivity contribution in [3.63, 3.8) is 0 Å². The average Bonchev–Trinajstić information content (AvgIpc) is 3.48. The van der Waals surface area contributed by atoms with Crippen LogP contribution < -0.4 is 10.2 Å². The van der Waals surface area contributed by atoms with Crippen LogP contribution in [0.1, 0.15) is 11.3 Å². The summed E-state index contributed by atoms with van der Waals surface area (Å²) in [6, 6.07) is 43.9. The molecule has 4 aromatic carbocycles. The van der Waals surface area contributed by atoms with E-state index in [0.29, 0.717) is 16.8 Å². The zero-order valence-electron chi connectivity index (χ0n) is 22.6. The van der Waals surface area contributed by atoms with Crippen LogP contribution >= 0.6 is 0 Å². The van der Waals surface area contributed by atoms with Crippen molar-refractivity contribution in [3.05, 3.63) is 150 Å². The summed E-state index contributed by atoms with van der Waals surface area (Å²) in [6.45, 7) is 0.243. The topological polar surface area (TPSA) is 82.2 Å². The lowest BCUT2D eigenvalue weighted by Gasteiger charge is -2.25. The minimum absolute atomic E-state index is 0.00837. The molecule has 6 heteroatoms. The molecule has 0 aliphatic heterocycles. The van der Waals surface area contributed by atoms with E-state index in [2.05, 4.69) is 51.6 Å². The third-order valence-electron chi connectivity index (χ3n) is 6.82. The second kappa shape index (κ2) is 12.1. The Bertz CT molecular complexity index is 1850. The zero-order valence-corrected chi connectivity index (χ0v) is 22.6. The van der Waals surface area contributed by atoms with Crippen LogP contribution in [-0.4, -0.2) is 10.9 Å². The molecule has 0 bridgehead atoms. The van der Waals surface area contributed by atoms with Crippen LogP contribution in [0.15, 0.2) is 144 Å². The average molecular weight is 547 g/mol. The molecule has 0 fully saturated rings. The van der Waals surface area contributed by atoms with Crippen LogP contribution in [0.5, 0.6) is 0 Å². The van der Waals surface area contributed by atoms with E-state index < -0.39 is 5.91 Å². The molecule has 1 amide bonds. The van der Waals surface area contributed by atoms with Gasteiger partial charge in [-0.3, -0.25) is 9.78 Å². The second-order valence-corrected chi connectivity index (χ2v) is 9.63. The molecule has 0 radical (unpaired) electrons. The van der Waals surface area contributed by atoms with Crippen LogP contribution in [0.25, 0.3) is 28.4 Å². The van der Waals surface area contributed by atoms with Crippen molar-refractivity contribution in [2.24, 2.45) is 0 Å². The Labute approximate surface area is 243 Å². The van der Waals surface area contributed by atoms with E-state index in [4.69, 9.17) is 4.42 Å². The van der Waals surface area contributed by atoms with Crippen LogP contribution in [0.4, 0.5) is 17.1 Å². The van der Waals surface area contributed by atoms with Gasteiger partial charge in [0.15, 0.2) is 0 Å². The minimum atomic E-state index is -0.455. The van der Waals surface area contributed by atoms with E-state index in [0.717, 1.165) is 33.8 Å². The summed E-state index contributed by atoms with van der Waals surface area (Å²) < 4.78 is 6.21. The number of benzene rings is 4. The summed E-state index contributed by atoms with van der Waals surface area (Å²) >= 11 is 0. The van der Waals surface area contributed by atoms with Crippen molar-refractivity contribution in [1.82, 2.24) is 10.3 Å². The predicted octanol–water partition coefficient (Wildman–Crippen LogP) is 8.19. The quantitative estimate of drug-likeness (QED) is 0.154. The molecule has 1 N–H and O–H groups in total. The monoisotopic (exact) mass is 546 g/mol. The molecule has 6 aromatic rings. The number of para-hydroxylation sites is 2. The van der Waals surface area contributed by atoms with E-state index in [1.165, 1.54) is 0 Å². The number of hydrogen-bond acceptors (Lipinski definition) is 5. The molecule has 0 saturated heterocycles. The summed E-state index contributed by atoms with van der Waals surface area (Å²) in [4.78, 5) is 19.0. The van der Waals surface area contributed by atoms with Gasteiger partial charge >= 0.3 is 0 Å². The first-order valence-electron chi connectivity index (χ1n) is 13.5. The van der Waals surface area contributed by atoms with Crippen molar-refractivity contribution in [1.29, 1.82) is 5.26 Å². The van der Waals surface area contributed by atoms with E-state index in [9.17, 15) is 10.1 Å². The standard InChI is InChI=1S/C36H26N4O2/c37-24-29(36(41)39-25-30-9-7-8-20-38-30)21-26-14-15-28-23-35(42-34(28)22-26)27-16-18-33(19-17-27)40(31-10-3-1-4-11-31)32-12-5-2-6-13-32/h1-23H,25H2,(H,39,41). The maximum atomic E-state index is 12.6. The molecule has 6 rings (SSSR count). The largest absolute Gasteiger partial charge is 0.456 e. The lowest BCUT2D eigenvalue weighted by atomic mass is 10.1. The molecular formula is C36H26N4O2. The molecular weight excluding hydrogens is 520 g/mol. The van der Waals surface area contributed by atoms with E-state index in [1.807, 2.05) is 97.1 Å². The Morgan fingerprint density at radius 1 is 0.810 bits per heavy atom. The highest BCUT2D eigenvalue weighted by molar-refractivity contribution is 6.02. The van der Waals surface area contributed by atoms with Crippen LogP contribution in [0, 0.1) is 11.3 Å². The van der Waals surface area contributed by atoms with Gasteiger partial charge in [0.2, 0.25) is 0 Å². The maximum absolute atomic E-state index is 12.6. The van der Waals surface area contributed by atoms with Gasteiger partial charge in [0.05, 0.1) is 12.2 Å². The highest BCUT2D eigenvalue weighted by Crippen LogP contribution is 2.36. The second-order valence-electron chi connectivity index (χ2n) is 9.63. The number of pyridine rings is 1. The van der Waals surface area contributed by atoms with Crippen LogP contribution in [0.3, 0.4) is 0 Å². The molecule has 2 heterocycles. The number of carbonyl (C=O) groups excluding carboxylic acids is 1. The van der Waals surface area contributed by atoms with Crippen molar-refractivity contribution < 1.29 is 9.21 Å². The van der Waals surface area contributed by atoms with Gasteiger partial charge < -0.3 is 14.6 Å². The molecule has 0 aliphatic rings. The molecule has 0 unspecified atom stereocenters. The minimum Gasteiger partial charge on any atom is -0.456 e. The molecule has 0 spiro atoms. The summed E-state index contributed by atoms with van der Waals surface area (Å²) in [5, 5.41) is 13.3. The maximum Gasteiger partial charge on any atom is 0.262 e. The smallest absolute Gasteiger partial charge is 0.262 e. The fraction of sp³-hybridized carbons (Fsp3) is 0.0278. The third-order valence-corrected chi connectivity index (χ3v) is 6.82. The molecule has 6 nitrogen and oxygen atoms in total. The van der Waals surface area contributed by atoms with Gasteiger partial charge in [-0.15, -0.1) is 0 Å². The first-order chi connectivity index (χ1) is 20.7. The van der Waals surface area contributed by atoms with Crippen molar-refractivity contribution in [3.8, 4) is 17.4 Å². The first-order valence-corrected chi connectivity index (χ1v) is 13.5. The number of amides is 1. The summed E-state index contributed by atoms with van der Waals surface area (Å²) in [5.74, 6) is 0.279. The number of rotatable bonds is 8. The van der Waals surface area contributed by atoms with Gasteiger partial charge in [0, 0.05) is 34.2 Å². The van der Waals surface area contributed by atoms with Crippen molar-refractivity contribution >= 4 is 40.0 Å². The number of nitriles is 1. The Kier molecular flexibility index (Phi) is 7.56. The lowest BCUT2D eigenvalue weighted by Crippen LogP contribution is -2.24. The van der Waals surface area contributed by atoms with Crippen molar-refractivity contribution in [2.75, 3.05) is 4.90 Å². The van der Waals surface area contributed by atoms with E-state index >= 15 is 0 Å². The molecule has 2 aromatic heterocycles. The highest BCUT2D eigenvalue weighted by Gasteiger charge is 2.14. The Morgan fingerprint density at radius 2 is 1.48 bits per heavy atom. The summed E-state index contributed by atoms with van der Waals surface area (Å²) in [7, 11) is 0. The Hall–Kier alpha value is -5.93. The van der Waals surface area contributed by atoms with Crippen LogP contribution in [0.2, 0.25) is 0 Å². The number of fused-ring (bicyclic) bond motifs is 1. The zero-order chi connectivity index (χ0) is 28.7. The lowest BCUT2D eigenvalue weighted by molar-refractivity contribution is -0.117. The van der Waals surface area contributed by atoms with Crippen molar-refractivity contribution in [2.45, 2.75) is 6.54 Å². The van der Waals surface area contributed by atoms with Gasteiger partial charge in [-0.05, 0) is 84.4 Å². The van der Waals surface area contributed by atoms with Gasteiger partial charge in [0.25, 0.3) is 5.91 Å². The number of furan rings is 1. The Morgan fingerprint density at radius 3 is 2.12 bits per heavy atom. The Balaban J connectivity index is 1.23. The number of hydrogen-bond donors (Lipinski definition) is 1. The molecule has 202 valence electrons. The van der Waals surface area contributed by atoms with Gasteiger partial charge in [-0.2, -0.15) is 5.26 Å².